The highest BCUT2D eigenvalue weighted by Crippen LogP contribution is 1.94. The number of carboxylic acids is 2. The van der Waals surface area contributed by atoms with Crippen molar-refractivity contribution in [3.8, 4) is 0 Å². The third-order valence-corrected chi connectivity index (χ3v) is 3.52. The number of carbonyl (C=O) groups excluding carboxylic acids is 2. The Kier molecular flexibility index (Phi) is 13.6. The average molecular weight is 469 g/mol. The quantitative estimate of drug-likeness (QED) is 0.0772. The van der Waals surface area contributed by atoms with Gasteiger partial charge < -0.3 is 10.2 Å². The van der Waals surface area contributed by atoms with Crippen LogP contribution < -0.4 is 44.2 Å². The number of carbonyl (C=O) groups is 4. The van der Waals surface area contributed by atoms with Crippen molar-refractivity contribution in [1.82, 2.24) is 42.4 Å². The summed E-state index contributed by atoms with van der Waals surface area (Å²) in [5.74, 6) is 6.41. The molecule has 0 aliphatic carbocycles. The first-order chi connectivity index (χ1) is 14.1. The van der Waals surface area contributed by atoms with Gasteiger partial charge in [0.05, 0.1) is 26.2 Å². The van der Waals surface area contributed by atoms with Crippen LogP contribution in [0.15, 0.2) is 0 Å². The summed E-state index contributed by atoms with van der Waals surface area (Å²) in [6, 6.07) is 0. The Bertz CT molecular complexity index is 597. The third kappa shape index (κ3) is 14.1. The Labute approximate surface area is 181 Å². The van der Waals surface area contributed by atoms with Gasteiger partial charge in [0.25, 0.3) is 11.8 Å². The number of rotatable bonds is 11. The fraction of sp³-hybridized carbons (Fsp3) is 0.500. The first-order valence-corrected chi connectivity index (χ1v) is 8.88. The fourth-order valence-corrected chi connectivity index (χ4v) is 2.01. The van der Waals surface area contributed by atoms with Gasteiger partial charge in [0.1, 0.15) is 0 Å². The molecular formula is C12H24N10O6S2. The molecule has 30 heavy (non-hydrogen) atoms. The van der Waals surface area contributed by atoms with Crippen LogP contribution in [-0.4, -0.2) is 93.3 Å². The minimum Gasteiger partial charge on any atom is -0.480 e. The number of nitrogens with two attached hydrogens (primary N) is 2. The van der Waals surface area contributed by atoms with Crippen LogP contribution in [0.5, 0.6) is 0 Å². The molecule has 0 spiro atoms. The largest absolute Gasteiger partial charge is 0.480 e. The predicted molar refractivity (Wildman–Crippen MR) is 111 cm³/mol. The summed E-state index contributed by atoms with van der Waals surface area (Å²) >= 11 is 9.35. The van der Waals surface area contributed by atoms with Crippen molar-refractivity contribution in [2.45, 2.75) is 0 Å². The van der Waals surface area contributed by atoms with Crippen LogP contribution in [0.1, 0.15) is 0 Å². The van der Waals surface area contributed by atoms with Gasteiger partial charge in [-0.05, 0) is 24.4 Å². The predicted octanol–water partition coefficient (Wildman–Crippen LogP) is -5.50. The van der Waals surface area contributed by atoms with Crippen molar-refractivity contribution < 1.29 is 29.4 Å². The maximum absolute atomic E-state index is 11.9. The van der Waals surface area contributed by atoms with Gasteiger partial charge in [0.2, 0.25) is 0 Å². The number of hydrogen-bond acceptors (Lipinski definition) is 10. The number of hydrazine groups is 4. The van der Waals surface area contributed by atoms with E-state index in [4.69, 9.17) is 21.9 Å². The lowest BCUT2D eigenvalue weighted by molar-refractivity contribution is -0.141. The zero-order valence-corrected chi connectivity index (χ0v) is 17.3. The fourth-order valence-electron chi connectivity index (χ4n) is 1.90. The second-order valence-corrected chi connectivity index (χ2v) is 6.32. The van der Waals surface area contributed by atoms with Crippen molar-refractivity contribution in [2.75, 3.05) is 39.3 Å². The smallest absolute Gasteiger partial charge is 0.317 e. The Balaban J connectivity index is 4.81. The van der Waals surface area contributed by atoms with Gasteiger partial charge >= 0.3 is 11.9 Å². The van der Waals surface area contributed by atoms with E-state index >= 15 is 0 Å². The molecule has 0 fully saturated rings. The van der Waals surface area contributed by atoms with Crippen molar-refractivity contribution >= 4 is 58.4 Å². The molecule has 0 atom stereocenters. The minimum atomic E-state index is -1.20. The summed E-state index contributed by atoms with van der Waals surface area (Å²) in [6.07, 6.45) is 0. The topological polar surface area (TPSA) is 239 Å². The van der Waals surface area contributed by atoms with Crippen molar-refractivity contribution in [3.05, 3.63) is 0 Å². The lowest BCUT2D eigenvalue weighted by atomic mass is 10.3. The van der Waals surface area contributed by atoms with Crippen molar-refractivity contribution in [3.63, 3.8) is 0 Å². The Morgan fingerprint density at radius 2 is 1.00 bits per heavy atom. The molecule has 0 aromatic rings. The molecule has 0 aromatic carbocycles. The Morgan fingerprint density at radius 3 is 1.27 bits per heavy atom. The van der Waals surface area contributed by atoms with Gasteiger partial charge in [-0.1, -0.05) is 0 Å². The molecule has 16 nitrogen and oxygen atoms in total. The SMILES string of the molecule is NNC(=S)NNC(=O)CN(CCN(CC(=O)O)CC(=O)NNC(=S)NN)CC(=O)O. The molecule has 0 saturated carbocycles. The lowest BCUT2D eigenvalue weighted by Gasteiger charge is -2.25. The Hall–Kier alpha value is -2.90. The van der Waals surface area contributed by atoms with Gasteiger partial charge in [0, 0.05) is 13.1 Å². The maximum atomic E-state index is 11.9. The first-order valence-electron chi connectivity index (χ1n) is 8.06. The summed E-state index contributed by atoms with van der Waals surface area (Å²) < 4.78 is 0. The van der Waals surface area contributed by atoms with Crippen LogP contribution in [0.2, 0.25) is 0 Å². The molecule has 0 aliphatic rings. The first kappa shape index (κ1) is 27.1. The number of hydrogen-bond donors (Lipinski definition) is 10. The van der Waals surface area contributed by atoms with E-state index in [0.717, 1.165) is 0 Å². The molecule has 0 aromatic heterocycles. The van der Waals surface area contributed by atoms with E-state index in [0.29, 0.717) is 0 Å². The van der Waals surface area contributed by atoms with Gasteiger partial charge in [-0.15, -0.1) is 0 Å². The molecule has 0 unspecified atom stereocenters. The second-order valence-electron chi connectivity index (χ2n) is 5.50. The summed E-state index contributed by atoms with van der Waals surface area (Å²) in [6.45, 7) is -1.77. The second kappa shape index (κ2) is 15.0. The number of aliphatic carboxylic acids is 2. The molecule has 170 valence electrons. The van der Waals surface area contributed by atoms with Gasteiger partial charge in [0.15, 0.2) is 10.2 Å². The highest BCUT2D eigenvalue weighted by atomic mass is 32.1. The van der Waals surface area contributed by atoms with Gasteiger partial charge in [-0.2, -0.15) is 0 Å². The van der Waals surface area contributed by atoms with E-state index in [-0.39, 0.29) is 36.4 Å². The van der Waals surface area contributed by atoms with E-state index in [1.807, 2.05) is 0 Å². The maximum Gasteiger partial charge on any atom is 0.317 e. The number of nitrogens with zero attached hydrogens (tertiary/aromatic N) is 2. The highest BCUT2D eigenvalue weighted by Gasteiger charge is 2.19. The van der Waals surface area contributed by atoms with E-state index in [9.17, 15) is 19.2 Å². The summed E-state index contributed by atoms with van der Waals surface area (Å²) in [7, 11) is 0. The molecule has 2 amide bonds. The molecule has 12 N–H and O–H groups in total. The average Bonchev–Trinajstić information content (AvgIpc) is 2.67. The molecule has 0 rings (SSSR count). The zero-order chi connectivity index (χ0) is 23.1. The van der Waals surface area contributed by atoms with E-state index in [1.165, 1.54) is 9.80 Å². The number of thiocarbonyl (C=S) groups is 2. The van der Waals surface area contributed by atoms with Crippen LogP contribution in [0.25, 0.3) is 0 Å². The van der Waals surface area contributed by atoms with Crippen molar-refractivity contribution in [1.29, 1.82) is 0 Å². The number of nitrogens with one attached hydrogen (secondary N) is 6. The van der Waals surface area contributed by atoms with Crippen LogP contribution in [0.4, 0.5) is 0 Å². The summed E-state index contributed by atoms with van der Waals surface area (Å²) in [5, 5.41) is 17.9. The number of amides is 2. The van der Waals surface area contributed by atoms with Gasteiger partial charge in [-0.25, -0.2) is 11.7 Å². The zero-order valence-electron chi connectivity index (χ0n) is 15.6. The number of carboxylic acid groups (broad SMARTS) is 2. The van der Waals surface area contributed by atoms with Crippen LogP contribution in [0, 0.1) is 0 Å². The third-order valence-electron chi connectivity index (χ3n) is 3.08. The van der Waals surface area contributed by atoms with E-state index in [2.05, 4.69) is 57.0 Å². The monoisotopic (exact) mass is 468 g/mol. The molecule has 0 bridgehead atoms. The van der Waals surface area contributed by atoms with Crippen LogP contribution in [-0.2, 0) is 19.2 Å². The molecule has 0 saturated heterocycles. The lowest BCUT2D eigenvalue weighted by Crippen LogP contribution is -2.53. The molecule has 0 aliphatic heterocycles. The van der Waals surface area contributed by atoms with Gasteiger partial charge in [-0.3, -0.25) is 61.5 Å². The standard InChI is InChI=1S/C12H24N10O6S2/c13-15-11(29)19-17-7(23)3-21(5-9(25)26)1-2-22(6-10(27)28)4-8(24)18-20-12(30)16-14/h1-6,13-14H2,(H,17,23)(H,18,24)(H,25,26)(H,27,28)(H2,15,19,29)(H2,16,20,30). The summed E-state index contributed by atoms with van der Waals surface area (Å²) in [5.41, 5.74) is 13.1. The molecule has 18 heteroatoms. The minimum absolute atomic E-state index is 0.0317. The summed E-state index contributed by atoms with van der Waals surface area (Å²) in [4.78, 5) is 48.3. The van der Waals surface area contributed by atoms with Crippen molar-refractivity contribution in [2.24, 2.45) is 11.7 Å². The molecule has 0 radical (unpaired) electrons. The molecule has 0 heterocycles. The van der Waals surface area contributed by atoms with Crippen LogP contribution in [0.3, 0.4) is 0 Å². The van der Waals surface area contributed by atoms with E-state index in [1.54, 1.807) is 0 Å². The van der Waals surface area contributed by atoms with Crippen LogP contribution >= 0.6 is 24.4 Å². The molecular weight excluding hydrogens is 444 g/mol. The Morgan fingerprint density at radius 1 is 0.667 bits per heavy atom. The highest BCUT2D eigenvalue weighted by molar-refractivity contribution is 7.80. The van der Waals surface area contributed by atoms with E-state index < -0.39 is 36.8 Å². The normalized spacial score (nSPS) is 10.1.